The molecular weight excluding hydrogens is 400 g/mol. The number of nitrogens with one attached hydrogen (secondary N) is 1. The average Bonchev–Trinajstić information content (AvgIpc) is 2.76. The Morgan fingerprint density at radius 3 is 2.61 bits per heavy atom. The van der Waals surface area contributed by atoms with Gasteiger partial charge in [0.2, 0.25) is 5.91 Å². The highest BCUT2D eigenvalue weighted by Crippen LogP contribution is 2.35. The topological polar surface area (TPSA) is 102 Å². The van der Waals surface area contributed by atoms with Crippen LogP contribution >= 0.6 is 0 Å². The van der Waals surface area contributed by atoms with Gasteiger partial charge in [-0.3, -0.25) is 19.3 Å². The fourth-order valence-corrected chi connectivity index (χ4v) is 3.33. The standard InChI is InChI=1S/C23H24N2O6/c1-4-7-19(26)15-10-11-20-18(12-15)25(22(28)14(2)31-20)13-21(27)24-17-9-6-5-8-16(17)23(29)30-3/h5-6,8-12,14H,4,7,13H2,1-3H3,(H,24,27). The van der Waals surface area contributed by atoms with Crippen molar-refractivity contribution in [3.05, 3.63) is 53.6 Å². The molecule has 0 saturated carbocycles. The molecule has 1 unspecified atom stereocenters. The summed E-state index contributed by atoms with van der Waals surface area (Å²) in [6, 6.07) is 11.3. The number of para-hydroxylation sites is 1. The highest BCUT2D eigenvalue weighted by atomic mass is 16.5. The molecule has 1 aliphatic rings. The van der Waals surface area contributed by atoms with Crippen LogP contribution in [0.2, 0.25) is 0 Å². The van der Waals surface area contributed by atoms with Gasteiger partial charge in [0.05, 0.1) is 24.0 Å². The fourth-order valence-electron chi connectivity index (χ4n) is 3.33. The third kappa shape index (κ3) is 4.74. The van der Waals surface area contributed by atoms with Gasteiger partial charge in [0.15, 0.2) is 11.9 Å². The van der Waals surface area contributed by atoms with Crippen molar-refractivity contribution in [2.45, 2.75) is 32.8 Å². The monoisotopic (exact) mass is 424 g/mol. The molecule has 0 saturated heterocycles. The van der Waals surface area contributed by atoms with E-state index in [0.29, 0.717) is 29.8 Å². The van der Waals surface area contributed by atoms with E-state index in [-0.39, 0.29) is 23.6 Å². The molecular formula is C23H24N2O6. The smallest absolute Gasteiger partial charge is 0.339 e. The van der Waals surface area contributed by atoms with Crippen LogP contribution in [-0.4, -0.2) is 43.3 Å². The third-order valence-electron chi connectivity index (χ3n) is 4.87. The molecule has 1 heterocycles. The lowest BCUT2D eigenvalue weighted by atomic mass is 10.0. The maximum absolute atomic E-state index is 12.8. The van der Waals surface area contributed by atoms with Crippen LogP contribution in [0.1, 0.15) is 47.4 Å². The summed E-state index contributed by atoms with van der Waals surface area (Å²) in [5, 5.41) is 2.66. The van der Waals surface area contributed by atoms with E-state index in [1.54, 1.807) is 43.3 Å². The SMILES string of the molecule is CCCC(=O)c1ccc2c(c1)N(CC(=O)Nc1ccccc1C(=O)OC)C(=O)C(C)O2. The summed E-state index contributed by atoms with van der Waals surface area (Å²) >= 11 is 0. The molecule has 0 aliphatic carbocycles. The van der Waals surface area contributed by atoms with E-state index >= 15 is 0 Å². The number of hydrogen-bond acceptors (Lipinski definition) is 6. The number of ether oxygens (including phenoxy) is 2. The second-order valence-electron chi connectivity index (χ2n) is 7.13. The summed E-state index contributed by atoms with van der Waals surface area (Å²) < 4.78 is 10.4. The van der Waals surface area contributed by atoms with Gasteiger partial charge in [-0.1, -0.05) is 19.1 Å². The molecule has 8 heteroatoms. The Morgan fingerprint density at radius 1 is 1.16 bits per heavy atom. The number of ketones is 1. The van der Waals surface area contributed by atoms with Crippen molar-refractivity contribution in [2.75, 3.05) is 23.9 Å². The Kier molecular flexibility index (Phi) is 6.69. The zero-order valence-corrected chi connectivity index (χ0v) is 17.6. The molecule has 2 amide bonds. The minimum absolute atomic E-state index is 0.0484. The highest BCUT2D eigenvalue weighted by Gasteiger charge is 2.33. The molecule has 2 aromatic rings. The van der Waals surface area contributed by atoms with Crippen molar-refractivity contribution in [1.29, 1.82) is 0 Å². The van der Waals surface area contributed by atoms with Crippen LogP contribution in [-0.2, 0) is 14.3 Å². The van der Waals surface area contributed by atoms with Gasteiger partial charge in [0.1, 0.15) is 12.3 Å². The first kappa shape index (κ1) is 22.0. The van der Waals surface area contributed by atoms with Gasteiger partial charge in [-0.05, 0) is 43.7 Å². The van der Waals surface area contributed by atoms with Gasteiger partial charge < -0.3 is 14.8 Å². The molecule has 1 N–H and O–H groups in total. The summed E-state index contributed by atoms with van der Waals surface area (Å²) in [7, 11) is 1.25. The van der Waals surface area contributed by atoms with E-state index in [1.165, 1.54) is 18.1 Å². The van der Waals surface area contributed by atoms with Crippen LogP contribution in [0.4, 0.5) is 11.4 Å². The number of amides is 2. The molecule has 162 valence electrons. The summed E-state index contributed by atoms with van der Waals surface area (Å²) in [5.74, 6) is -1.12. The summed E-state index contributed by atoms with van der Waals surface area (Å²) in [4.78, 5) is 51.1. The molecule has 0 spiro atoms. The van der Waals surface area contributed by atoms with E-state index in [0.717, 1.165) is 0 Å². The van der Waals surface area contributed by atoms with Gasteiger partial charge in [-0.15, -0.1) is 0 Å². The Balaban J connectivity index is 1.87. The van der Waals surface area contributed by atoms with Crippen molar-refractivity contribution < 1.29 is 28.7 Å². The first-order chi connectivity index (χ1) is 14.8. The maximum atomic E-state index is 12.8. The molecule has 8 nitrogen and oxygen atoms in total. The summed E-state index contributed by atoms with van der Waals surface area (Å²) in [6.07, 6.45) is 0.308. The second-order valence-corrected chi connectivity index (χ2v) is 7.13. The van der Waals surface area contributed by atoms with Gasteiger partial charge in [-0.25, -0.2) is 4.79 Å². The van der Waals surface area contributed by atoms with Crippen molar-refractivity contribution in [1.82, 2.24) is 0 Å². The third-order valence-corrected chi connectivity index (χ3v) is 4.87. The number of esters is 1. The van der Waals surface area contributed by atoms with Crippen LogP contribution in [0.15, 0.2) is 42.5 Å². The number of hydrogen-bond donors (Lipinski definition) is 1. The first-order valence-corrected chi connectivity index (χ1v) is 9.98. The summed E-state index contributed by atoms with van der Waals surface area (Å²) in [6.45, 7) is 3.20. The zero-order chi connectivity index (χ0) is 22.5. The zero-order valence-electron chi connectivity index (χ0n) is 17.6. The Morgan fingerprint density at radius 2 is 1.90 bits per heavy atom. The largest absolute Gasteiger partial charge is 0.479 e. The number of rotatable bonds is 7. The molecule has 0 bridgehead atoms. The first-order valence-electron chi connectivity index (χ1n) is 9.98. The molecule has 3 rings (SSSR count). The fraction of sp³-hybridized carbons (Fsp3) is 0.304. The lowest BCUT2D eigenvalue weighted by molar-refractivity contribution is -0.127. The number of Topliss-reactive ketones (excluding diaryl/α,β-unsaturated/α-hetero) is 1. The van der Waals surface area contributed by atoms with Crippen molar-refractivity contribution in [2.24, 2.45) is 0 Å². The van der Waals surface area contributed by atoms with Gasteiger partial charge in [0, 0.05) is 12.0 Å². The maximum Gasteiger partial charge on any atom is 0.339 e. The van der Waals surface area contributed by atoms with Crippen molar-refractivity contribution in [3.63, 3.8) is 0 Å². The predicted molar refractivity (Wildman–Crippen MR) is 115 cm³/mol. The lowest BCUT2D eigenvalue weighted by Crippen LogP contribution is -2.47. The number of carbonyl (C=O) groups is 4. The van der Waals surface area contributed by atoms with E-state index < -0.39 is 23.9 Å². The number of anilines is 2. The second kappa shape index (κ2) is 9.42. The van der Waals surface area contributed by atoms with E-state index in [9.17, 15) is 19.2 Å². The molecule has 1 aliphatic heterocycles. The molecule has 1 atom stereocenters. The average molecular weight is 424 g/mol. The molecule has 0 aromatic heterocycles. The number of nitrogens with zero attached hydrogens (tertiary/aromatic N) is 1. The Bertz CT molecular complexity index is 1030. The van der Waals surface area contributed by atoms with E-state index in [4.69, 9.17) is 9.47 Å². The quantitative estimate of drug-likeness (QED) is 0.541. The molecule has 31 heavy (non-hydrogen) atoms. The summed E-state index contributed by atoms with van der Waals surface area (Å²) in [5.41, 5.74) is 1.29. The number of methoxy groups -OCH3 is 1. The number of benzene rings is 2. The van der Waals surface area contributed by atoms with Crippen LogP contribution in [0.25, 0.3) is 0 Å². The minimum Gasteiger partial charge on any atom is -0.479 e. The Labute approximate surface area is 180 Å². The van der Waals surface area contributed by atoms with Crippen LogP contribution in [0.5, 0.6) is 5.75 Å². The number of carbonyl (C=O) groups excluding carboxylic acids is 4. The van der Waals surface area contributed by atoms with E-state index in [2.05, 4.69) is 5.32 Å². The van der Waals surface area contributed by atoms with Gasteiger partial charge in [0.25, 0.3) is 5.91 Å². The van der Waals surface area contributed by atoms with Crippen LogP contribution in [0, 0.1) is 0 Å². The predicted octanol–water partition coefficient (Wildman–Crippen LogP) is 3.21. The van der Waals surface area contributed by atoms with Crippen LogP contribution in [0.3, 0.4) is 0 Å². The van der Waals surface area contributed by atoms with E-state index in [1.807, 2.05) is 6.92 Å². The lowest BCUT2D eigenvalue weighted by Gasteiger charge is -2.33. The molecule has 0 radical (unpaired) electrons. The number of fused-ring (bicyclic) bond motifs is 1. The van der Waals surface area contributed by atoms with Crippen molar-refractivity contribution >= 4 is 34.9 Å². The minimum atomic E-state index is -0.778. The van der Waals surface area contributed by atoms with Crippen LogP contribution < -0.4 is 15.0 Å². The molecule has 0 fully saturated rings. The van der Waals surface area contributed by atoms with Gasteiger partial charge in [-0.2, -0.15) is 0 Å². The van der Waals surface area contributed by atoms with Crippen molar-refractivity contribution in [3.8, 4) is 5.75 Å². The Hall–Kier alpha value is -3.68. The normalized spacial score (nSPS) is 15.0. The highest BCUT2D eigenvalue weighted by molar-refractivity contribution is 6.08. The molecule has 2 aromatic carbocycles. The van der Waals surface area contributed by atoms with Gasteiger partial charge >= 0.3 is 5.97 Å².